The molecule has 3 atom stereocenters. The predicted octanol–water partition coefficient (Wildman–Crippen LogP) is 3.50. The Morgan fingerprint density at radius 2 is 1.66 bits per heavy atom. The summed E-state index contributed by atoms with van der Waals surface area (Å²) in [5.41, 5.74) is 9.01. The molecule has 174 valence electrons. The lowest BCUT2D eigenvalue weighted by Gasteiger charge is -2.29. The highest BCUT2D eigenvalue weighted by molar-refractivity contribution is 5.90. The topological polar surface area (TPSA) is 95.7 Å². The lowest BCUT2D eigenvalue weighted by atomic mass is 10.0. The van der Waals surface area contributed by atoms with Gasteiger partial charge in [-0.15, -0.1) is 0 Å². The number of nitrogens with two attached hydrogens (primary N) is 1. The quantitative estimate of drug-likeness (QED) is 0.615. The Bertz CT molecular complexity index is 852. The van der Waals surface area contributed by atoms with Crippen molar-refractivity contribution in [3.63, 3.8) is 0 Å². The maximum absolute atomic E-state index is 12.9. The average Bonchev–Trinajstić information content (AvgIpc) is 3.33. The van der Waals surface area contributed by atoms with Crippen LogP contribution in [0, 0.1) is 5.92 Å². The molecule has 3 rings (SSSR count). The van der Waals surface area contributed by atoms with Crippen molar-refractivity contribution < 1.29 is 14.7 Å². The minimum Gasteiger partial charge on any atom is -0.394 e. The van der Waals surface area contributed by atoms with E-state index in [4.69, 9.17) is 5.73 Å². The molecule has 1 aliphatic heterocycles. The Labute approximate surface area is 191 Å². The van der Waals surface area contributed by atoms with E-state index in [9.17, 15) is 14.7 Å². The smallest absolute Gasteiger partial charge is 0.243 e. The van der Waals surface area contributed by atoms with E-state index >= 15 is 0 Å². The van der Waals surface area contributed by atoms with Crippen molar-refractivity contribution >= 4 is 11.8 Å². The van der Waals surface area contributed by atoms with Crippen molar-refractivity contribution in [1.29, 1.82) is 0 Å². The maximum atomic E-state index is 12.9. The molecule has 0 bridgehead atoms. The fraction of sp³-hybridized carbons (Fsp3) is 0.462. The normalized spacial score (nSPS) is 17.3. The minimum absolute atomic E-state index is 0.00938. The molecule has 32 heavy (non-hydrogen) atoms. The minimum atomic E-state index is -0.613. The molecule has 1 saturated heterocycles. The zero-order valence-corrected chi connectivity index (χ0v) is 19.6. The maximum Gasteiger partial charge on any atom is 0.243 e. The Morgan fingerprint density at radius 3 is 2.22 bits per heavy atom. The molecule has 0 spiro atoms. The van der Waals surface area contributed by atoms with Crippen molar-refractivity contribution in [1.82, 2.24) is 10.2 Å². The van der Waals surface area contributed by atoms with Crippen LogP contribution in [0.25, 0.3) is 11.1 Å². The van der Waals surface area contributed by atoms with Gasteiger partial charge in [0.15, 0.2) is 0 Å². The molecular weight excluding hydrogens is 402 g/mol. The van der Waals surface area contributed by atoms with Crippen LogP contribution in [0.15, 0.2) is 54.6 Å². The number of carbonyl (C=O) groups excluding carboxylic acids is 2. The van der Waals surface area contributed by atoms with Gasteiger partial charge < -0.3 is 21.1 Å². The monoisotopic (exact) mass is 439 g/mol. The van der Waals surface area contributed by atoms with Crippen LogP contribution >= 0.6 is 0 Å². The van der Waals surface area contributed by atoms with Gasteiger partial charge in [-0.1, -0.05) is 82.3 Å². The molecule has 1 fully saturated rings. The summed E-state index contributed by atoms with van der Waals surface area (Å²) < 4.78 is 0. The molecule has 1 heterocycles. The van der Waals surface area contributed by atoms with E-state index in [-0.39, 0.29) is 24.3 Å². The van der Waals surface area contributed by atoms with Gasteiger partial charge in [-0.05, 0) is 35.4 Å². The highest BCUT2D eigenvalue weighted by Crippen LogP contribution is 2.24. The average molecular weight is 440 g/mol. The van der Waals surface area contributed by atoms with Crippen molar-refractivity contribution in [2.75, 3.05) is 13.2 Å². The number of aliphatic hydroxyl groups excluding tert-OH is 1. The summed E-state index contributed by atoms with van der Waals surface area (Å²) in [5, 5.41) is 12.8. The summed E-state index contributed by atoms with van der Waals surface area (Å²) in [6.45, 7) is 8.11. The van der Waals surface area contributed by atoms with E-state index in [2.05, 4.69) is 5.32 Å². The van der Waals surface area contributed by atoms with Gasteiger partial charge >= 0.3 is 0 Å². The highest BCUT2D eigenvalue weighted by Gasteiger charge is 2.37. The molecule has 0 aromatic heterocycles. The van der Waals surface area contributed by atoms with Gasteiger partial charge in [0, 0.05) is 6.54 Å². The van der Waals surface area contributed by atoms with E-state index in [1.54, 1.807) is 4.90 Å². The third-order valence-electron chi connectivity index (χ3n) is 5.76. The van der Waals surface area contributed by atoms with Crippen LogP contribution in [0.1, 0.15) is 52.1 Å². The largest absolute Gasteiger partial charge is 0.394 e. The van der Waals surface area contributed by atoms with Crippen molar-refractivity contribution in [2.45, 2.75) is 58.7 Å². The second-order valence-corrected chi connectivity index (χ2v) is 8.19. The first kappa shape index (κ1) is 25.6. The fourth-order valence-electron chi connectivity index (χ4n) is 3.82. The molecule has 0 radical (unpaired) electrons. The number of aliphatic hydroxyl groups is 1. The predicted molar refractivity (Wildman–Crippen MR) is 129 cm³/mol. The van der Waals surface area contributed by atoms with E-state index in [1.165, 1.54) is 0 Å². The van der Waals surface area contributed by atoms with Gasteiger partial charge in [-0.3, -0.25) is 9.59 Å². The van der Waals surface area contributed by atoms with E-state index < -0.39 is 18.1 Å². The number of hydrogen-bond acceptors (Lipinski definition) is 4. The van der Waals surface area contributed by atoms with Gasteiger partial charge in [0.25, 0.3) is 0 Å². The zero-order chi connectivity index (χ0) is 23.7. The summed E-state index contributed by atoms with van der Waals surface area (Å²) in [6, 6.07) is 16.1. The summed E-state index contributed by atoms with van der Waals surface area (Å²) in [6.07, 6.45) is 1.37. The lowest BCUT2D eigenvalue weighted by molar-refractivity contribution is -0.140. The number of carbonyl (C=O) groups is 2. The number of nitrogens with one attached hydrogen (secondary N) is 1. The molecular formula is C26H37N3O3. The Kier molecular flexibility index (Phi) is 9.88. The van der Waals surface area contributed by atoms with Crippen LogP contribution in [0.5, 0.6) is 0 Å². The van der Waals surface area contributed by atoms with Crippen molar-refractivity contribution in [3.05, 3.63) is 60.2 Å². The lowest BCUT2D eigenvalue weighted by Crippen LogP contribution is -2.53. The summed E-state index contributed by atoms with van der Waals surface area (Å²) in [4.78, 5) is 27.2. The number of hydrogen-bond donors (Lipinski definition) is 3. The van der Waals surface area contributed by atoms with Crippen LogP contribution in [-0.2, 0) is 9.59 Å². The first-order chi connectivity index (χ1) is 15.4. The Hall–Kier alpha value is -2.70. The van der Waals surface area contributed by atoms with E-state index in [0.29, 0.717) is 13.0 Å². The van der Waals surface area contributed by atoms with E-state index in [1.807, 2.05) is 82.3 Å². The Morgan fingerprint density at radius 1 is 1.06 bits per heavy atom. The molecule has 0 aliphatic carbocycles. The molecule has 4 N–H and O–H groups in total. The van der Waals surface area contributed by atoms with Crippen LogP contribution < -0.4 is 11.1 Å². The molecule has 2 aromatic carbocycles. The molecule has 6 nitrogen and oxygen atoms in total. The van der Waals surface area contributed by atoms with E-state index in [0.717, 1.165) is 23.1 Å². The molecule has 0 saturated carbocycles. The standard InChI is InChI=1S/C24H31N3O3.C2H6/c1-16(2)22(25)24(30)27-14-6-9-21(27)23(29)26-20(15-28)19-12-10-18(11-13-19)17-7-4-3-5-8-17;1-2/h3-5,7-8,10-13,16,20-22,28H,6,9,14-15,25H2,1-2H3,(H,26,29);1-2H3. The molecule has 3 unspecified atom stereocenters. The number of amides is 2. The first-order valence-corrected chi connectivity index (χ1v) is 11.5. The van der Waals surface area contributed by atoms with Crippen molar-refractivity contribution in [2.24, 2.45) is 11.7 Å². The third kappa shape index (κ3) is 6.17. The van der Waals surface area contributed by atoms with Gasteiger partial charge in [-0.25, -0.2) is 0 Å². The molecule has 1 aliphatic rings. The Balaban J connectivity index is 0.00000176. The number of likely N-dealkylation sites (tertiary alicyclic amines) is 1. The highest BCUT2D eigenvalue weighted by atomic mass is 16.3. The molecule has 6 heteroatoms. The molecule has 2 amide bonds. The summed E-state index contributed by atoms with van der Waals surface area (Å²) in [7, 11) is 0. The van der Waals surface area contributed by atoms with Crippen molar-refractivity contribution in [3.8, 4) is 11.1 Å². The van der Waals surface area contributed by atoms with Gasteiger partial charge in [-0.2, -0.15) is 0 Å². The van der Waals surface area contributed by atoms with Gasteiger partial charge in [0.05, 0.1) is 18.7 Å². The fourth-order valence-corrected chi connectivity index (χ4v) is 3.82. The van der Waals surface area contributed by atoms with Crippen LogP contribution in [0.2, 0.25) is 0 Å². The van der Waals surface area contributed by atoms with Crippen LogP contribution in [-0.4, -0.2) is 47.1 Å². The third-order valence-corrected chi connectivity index (χ3v) is 5.76. The first-order valence-electron chi connectivity index (χ1n) is 11.5. The molecule has 2 aromatic rings. The zero-order valence-electron chi connectivity index (χ0n) is 19.6. The van der Waals surface area contributed by atoms with Gasteiger partial charge in [0.1, 0.15) is 6.04 Å². The number of benzene rings is 2. The second-order valence-electron chi connectivity index (χ2n) is 8.19. The summed E-state index contributed by atoms with van der Waals surface area (Å²) in [5.74, 6) is -0.423. The van der Waals surface area contributed by atoms with Crippen LogP contribution in [0.3, 0.4) is 0 Å². The second kappa shape index (κ2) is 12.4. The number of rotatable bonds is 7. The SMILES string of the molecule is CC.CC(C)C(N)C(=O)N1CCCC1C(=O)NC(CO)c1ccc(-c2ccccc2)cc1. The number of nitrogens with zero attached hydrogens (tertiary/aromatic N) is 1. The summed E-state index contributed by atoms with van der Waals surface area (Å²) >= 11 is 0. The van der Waals surface area contributed by atoms with Crippen LogP contribution in [0.4, 0.5) is 0 Å². The van der Waals surface area contributed by atoms with Gasteiger partial charge in [0.2, 0.25) is 11.8 Å².